The summed E-state index contributed by atoms with van der Waals surface area (Å²) in [5.41, 5.74) is 3.19. The quantitative estimate of drug-likeness (QED) is 0.450. The predicted octanol–water partition coefficient (Wildman–Crippen LogP) is 4.55. The Bertz CT molecular complexity index is 1170. The van der Waals surface area contributed by atoms with Gasteiger partial charge in [0.15, 0.2) is 6.61 Å². The third-order valence-electron chi connectivity index (χ3n) is 4.40. The lowest BCUT2D eigenvalue weighted by Gasteiger charge is -2.05. The van der Waals surface area contributed by atoms with Gasteiger partial charge in [-0.1, -0.05) is 47.1 Å². The third-order valence-corrected chi connectivity index (χ3v) is 4.73. The van der Waals surface area contributed by atoms with E-state index in [4.69, 9.17) is 20.9 Å². The Morgan fingerprint density at radius 1 is 1.10 bits per heavy atom. The fourth-order valence-corrected chi connectivity index (χ4v) is 3.23. The zero-order chi connectivity index (χ0) is 20.4. The molecule has 7 nitrogen and oxygen atoms in total. The number of ether oxygens (including phenoxy) is 1. The summed E-state index contributed by atoms with van der Waals surface area (Å²) >= 11 is 6.14. The summed E-state index contributed by atoms with van der Waals surface area (Å²) in [6, 6.07) is 16.7. The van der Waals surface area contributed by atoms with Crippen molar-refractivity contribution in [1.29, 1.82) is 0 Å². The molecule has 0 fully saturated rings. The number of carbonyl (C=O) groups is 1. The number of nitrogens with zero attached hydrogens (tertiary/aromatic N) is 4. The first-order chi connectivity index (χ1) is 14.0. The molecule has 0 radical (unpaired) electrons. The van der Waals surface area contributed by atoms with Gasteiger partial charge in [0.2, 0.25) is 5.82 Å². The topological polar surface area (TPSA) is 83.0 Å². The molecule has 0 saturated carbocycles. The van der Waals surface area contributed by atoms with Crippen molar-refractivity contribution in [2.24, 2.45) is 0 Å². The smallest absolute Gasteiger partial charge is 0.342 e. The molecule has 0 amide bonds. The van der Waals surface area contributed by atoms with Crippen LogP contribution in [0, 0.1) is 13.8 Å². The van der Waals surface area contributed by atoms with Gasteiger partial charge in [0.1, 0.15) is 5.56 Å². The van der Waals surface area contributed by atoms with Gasteiger partial charge in [0, 0.05) is 0 Å². The average molecular weight is 409 g/mol. The molecule has 0 N–H and O–H groups in total. The molecule has 2 aromatic heterocycles. The number of esters is 1. The molecule has 8 heteroatoms. The number of rotatable bonds is 5. The Morgan fingerprint density at radius 2 is 1.83 bits per heavy atom. The van der Waals surface area contributed by atoms with Crippen molar-refractivity contribution in [2.45, 2.75) is 20.5 Å². The van der Waals surface area contributed by atoms with Crippen LogP contribution in [0.2, 0.25) is 5.02 Å². The second-order valence-electron chi connectivity index (χ2n) is 6.36. The van der Waals surface area contributed by atoms with E-state index < -0.39 is 5.97 Å². The summed E-state index contributed by atoms with van der Waals surface area (Å²) in [5, 5.41) is 8.81. The molecule has 146 valence electrons. The van der Waals surface area contributed by atoms with E-state index in [0.717, 1.165) is 5.69 Å². The molecule has 2 heterocycles. The molecule has 0 saturated heterocycles. The molecule has 2 aromatic carbocycles. The average Bonchev–Trinajstić information content (AvgIpc) is 3.31. The second kappa shape index (κ2) is 7.89. The van der Waals surface area contributed by atoms with Crippen LogP contribution in [0.25, 0.3) is 17.1 Å². The maximum absolute atomic E-state index is 12.7. The Balaban J connectivity index is 1.50. The van der Waals surface area contributed by atoms with Gasteiger partial charge >= 0.3 is 5.97 Å². The summed E-state index contributed by atoms with van der Waals surface area (Å²) in [4.78, 5) is 16.9. The monoisotopic (exact) mass is 408 g/mol. The highest BCUT2D eigenvalue weighted by Gasteiger charge is 2.22. The number of para-hydroxylation sites is 1. The molecular weight excluding hydrogens is 392 g/mol. The maximum atomic E-state index is 12.7. The van der Waals surface area contributed by atoms with Crippen LogP contribution in [0.3, 0.4) is 0 Å². The van der Waals surface area contributed by atoms with Crippen LogP contribution in [0.5, 0.6) is 0 Å². The van der Waals surface area contributed by atoms with Crippen molar-refractivity contribution in [2.75, 3.05) is 0 Å². The van der Waals surface area contributed by atoms with E-state index in [9.17, 15) is 4.79 Å². The summed E-state index contributed by atoms with van der Waals surface area (Å²) in [6.45, 7) is 3.47. The summed E-state index contributed by atoms with van der Waals surface area (Å²) in [7, 11) is 0. The van der Waals surface area contributed by atoms with E-state index >= 15 is 0 Å². The van der Waals surface area contributed by atoms with Gasteiger partial charge in [-0.3, -0.25) is 0 Å². The van der Waals surface area contributed by atoms with Gasteiger partial charge in [-0.15, -0.1) is 0 Å². The van der Waals surface area contributed by atoms with E-state index in [1.165, 1.54) is 0 Å². The molecule has 0 aliphatic carbocycles. The molecule has 4 rings (SSSR count). The van der Waals surface area contributed by atoms with Gasteiger partial charge in [0.25, 0.3) is 5.89 Å². The molecule has 0 spiro atoms. The van der Waals surface area contributed by atoms with Gasteiger partial charge in [-0.2, -0.15) is 10.1 Å². The van der Waals surface area contributed by atoms with Crippen molar-refractivity contribution in [3.05, 3.63) is 82.4 Å². The number of aryl methyl sites for hydroxylation is 1. The predicted molar refractivity (Wildman–Crippen MR) is 107 cm³/mol. The van der Waals surface area contributed by atoms with E-state index in [2.05, 4.69) is 15.2 Å². The first kappa shape index (κ1) is 18.9. The Morgan fingerprint density at radius 3 is 2.59 bits per heavy atom. The van der Waals surface area contributed by atoms with E-state index in [1.807, 2.05) is 49.4 Å². The number of hydrogen-bond donors (Lipinski definition) is 0. The first-order valence-corrected chi connectivity index (χ1v) is 9.28. The van der Waals surface area contributed by atoms with Gasteiger partial charge < -0.3 is 9.26 Å². The lowest BCUT2D eigenvalue weighted by Crippen LogP contribution is -2.09. The van der Waals surface area contributed by atoms with Gasteiger partial charge in [-0.05, 0) is 38.1 Å². The Kier molecular flexibility index (Phi) is 5.14. The van der Waals surface area contributed by atoms with Crippen LogP contribution in [0.4, 0.5) is 0 Å². The normalized spacial score (nSPS) is 10.9. The second-order valence-corrected chi connectivity index (χ2v) is 6.77. The SMILES string of the molecule is Cc1nn(-c2ccccc2)c(C)c1C(=O)OCc1noc(-c2ccccc2Cl)n1. The third kappa shape index (κ3) is 3.77. The van der Waals surface area contributed by atoms with E-state index in [-0.39, 0.29) is 18.3 Å². The first-order valence-electron chi connectivity index (χ1n) is 8.91. The number of benzene rings is 2. The van der Waals surface area contributed by atoms with Crippen LogP contribution < -0.4 is 0 Å². The fraction of sp³-hybridized carbons (Fsp3) is 0.143. The van der Waals surface area contributed by atoms with Crippen LogP contribution in [-0.2, 0) is 11.3 Å². The number of halogens is 1. The molecule has 0 aliphatic heterocycles. The minimum absolute atomic E-state index is 0.123. The van der Waals surface area contributed by atoms with Crippen molar-refractivity contribution in [1.82, 2.24) is 19.9 Å². The van der Waals surface area contributed by atoms with Crippen LogP contribution in [-0.4, -0.2) is 25.9 Å². The van der Waals surface area contributed by atoms with Gasteiger partial charge in [0.05, 0.1) is 27.7 Å². The van der Waals surface area contributed by atoms with Crippen molar-refractivity contribution in [3.63, 3.8) is 0 Å². The Labute approximate surface area is 171 Å². The zero-order valence-electron chi connectivity index (χ0n) is 15.8. The summed E-state index contributed by atoms with van der Waals surface area (Å²) < 4.78 is 12.3. The van der Waals surface area contributed by atoms with Crippen molar-refractivity contribution in [3.8, 4) is 17.1 Å². The van der Waals surface area contributed by atoms with E-state index in [0.29, 0.717) is 27.5 Å². The molecule has 29 heavy (non-hydrogen) atoms. The largest absolute Gasteiger partial charge is 0.454 e. The summed E-state index contributed by atoms with van der Waals surface area (Å²) in [5.74, 6) is 0.0243. The van der Waals surface area contributed by atoms with Gasteiger partial charge in [-0.25, -0.2) is 9.48 Å². The lowest BCUT2D eigenvalue weighted by atomic mass is 10.2. The maximum Gasteiger partial charge on any atom is 0.342 e. The fourth-order valence-electron chi connectivity index (χ4n) is 3.02. The minimum atomic E-state index is -0.494. The standard InChI is InChI=1S/C21H17ClN4O3/c1-13-19(14(2)26(24-13)15-8-4-3-5-9-15)21(27)28-12-18-23-20(29-25-18)16-10-6-7-11-17(16)22/h3-11H,12H2,1-2H3. The summed E-state index contributed by atoms with van der Waals surface area (Å²) in [6.07, 6.45) is 0. The number of carbonyl (C=O) groups excluding carboxylic acids is 1. The van der Waals surface area contributed by atoms with Crippen LogP contribution >= 0.6 is 11.6 Å². The lowest BCUT2D eigenvalue weighted by molar-refractivity contribution is 0.0458. The molecule has 4 aromatic rings. The zero-order valence-corrected chi connectivity index (χ0v) is 16.6. The van der Waals surface area contributed by atoms with Crippen molar-refractivity contribution >= 4 is 17.6 Å². The minimum Gasteiger partial charge on any atom is -0.454 e. The molecular formula is C21H17ClN4O3. The highest BCUT2D eigenvalue weighted by atomic mass is 35.5. The molecule has 0 bridgehead atoms. The highest BCUT2D eigenvalue weighted by molar-refractivity contribution is 6.33. The number of aromatic nitrogens is 4. The molecule has 0 aliphatic rings. The van der Waals surface area contributed by atoms with Crippen molar-refractivity contribution < 1.29 is 14.1 Å². The Hall–Kier alpha value is -3.45. The highest BCUT2D eigenvalue weighted by Crippen LogP contribution is 2.26. The van der Waals surface area contributed by atoms with Crippen LogP contribution in [0.15, 0.2) is 59.1 Å². The van der Waals surface area contributed by atoms with Crippen LogP contribution in [0.1, 0.15) is 27.6 Å². The number of hydrogen-bond acceptors (Lipinski definition) is 6. The van der Waals surface area contributed by atoms with E-state index in [1.54, 1.807) is 23.7 Å². The molecule has 0 unspecified atom stereocenters. The molecule has 0 atom stereocenters.